The second-order valence-electron chi connectivity index (χ2n) is 7.81. The van der Waals surface area contributed by atoms with Crippen LogP contribution in [0.3, 0.4) is 0 Å². The molecule has 0 unspecified atom stereocenters. The van der Waals surface area contributed by atoms with Crippen LogP contribution in [0.4, 0.5) is 5.82 Å². The Morgan fingerprint density at radius 2 is 2.10 bits per heavy atom. The molecular weight excluding hydrogens is 366 g/mol. The molecule has 150 valence electrons. The minimum absolute atomic E-state index is 0.289. The number of imidazole rings is 1. The van der Waals surface area contributed by atoms with Crippen LogP contribution in [-0.4, -0.2) is 37.3 Å². The molecule has 0 bridgehead atoms. The summed E-state index contributed by atoms with van der Waals surface area (Å²) in [7, 11) is 1.64. The standard InChI is InChI=1S/C22H25N5O2/c1-15-4-3-10-22(28,12-15)11-9-18-25-20(23)19-21(26-18)27(14-24-19)13-16-5-7-17(29-2)8-6-16/h5-8,14-15,28H,3-4,10,12-13H2,1-2H3,(H2,23,25,26)/t15-,22-/m1/s1. The second-order valence-corrected chi connectivity index (χ2v) is 7.81. The van der Waals surface area contributed by atoms with Crippen LogP contribution < -0.4 is 10.5 Å². The minimum Gasteiger partial charge on any atom is -0.497 e. The molecule has 1 fully saturated rings. The molecule has 2 aromatic heterocycles. The Balaban J connectivity index is 1.64. The van der Waals surface area contributed by atoms with Crippen molar-refractivity contribution in [2.75, 3.05) is 12.8 Å². The Bertz CT molecular complexity index is 1080. The van der Waals surface area contributed by atoms with Gasteiger partial charge in [0.2, 0.25) is 5.82 Å². The second kappa shape index (κ2) is 7.72. The fourth-order valence-electron chi connectivity index (χ4n) is 3.87. The molecule has 2 atom stereocenters. The Kier molecular flexibility index (Phi) is 5.12. The number of rotatable bonds is 3. The van der Waals surface area contributed by atoms with Crippen molar-refractivity contribution >= 4 is 17.0 Å². The van der Waals surface area contributed by atoms with Crippen LogP contribution in [0.2, 0.25) is 0 Å². The van der Waals surface area contributed by atoms with E-state index in [4.69, 9.17) is 10.5 Å². The third-order valence-corrected chi connectivity index (χ3v) is 5.38. The summed E-state index contributed by atoms with van der Waals surface area (Å²) < 4.78 is 7.12. The lowest BCUT2D eigenvalue weighted by Crippen LogP contribution is -2.32. The highest BCUT2D eigenvalue weighted by atomic mass is 16.5. The lowest BCUT2D eigenvalue weighted by atomic mass is 9.79. The van der Waals surface area contributed by atoms with Crippen LogP contribution in [0.15, 0.2) is 30.6 Å². The maximum atomic E-state index is 10.7. The molecule has 3 N–H and O–H groups in total. The molecule has 0 aliphatic heterocycles. The highest BCUT2D eigenvalue weighted by Crippen LogP contribution is 2.31. The number of nitrogens with two attached hydrogens (primary N) is 1. The zero-order chi connectivity index (χ0) is 20.4. The molecule has 1 aliphatic rings. The van der Waals surface area contributed by atoms with E-state index in [1.807, 2.05) is 28.8 Å². The van der Waals surface area contributed by atoms with Gasteiger partial charge in [-0.25, -0.2) is 15.0 Å². The number of anilines is 1. The molecule has 3 aromatic rings. The molecule has 0 spiro atoms. The van der Waals surface area contributed by atoms with Gasteiger partial charge in [0.1, 0.15) is 16.9 Å². The summed E-state index contributed by atoms with van der Waals surface area (Å²) in [6.45, 7) is 2.73. The van der Waals surface area contributed by atoms with E-state index in [2.05, 4.69) is 33.7 Å². The topological polar surface area (TPSA) is 99.1 Å². The lowest BCUT2D eigenvalue weighted by molar-refractivity contribution is 0.0410. The Hall–Kier alpha value is -3.11. The number of hydrogen-bond donors (Lipinski definition) is 2. The van der Waals surface area contributed by atoms with Crippen LogP contribution in [0.25, 0.3) is 11.2 Å². The first-order valence-corrected chi connectivity index (χ1v) is 9.82. The number of fused-ring (bicyclic) bond motifs is 1. The molecular formula is C22H25N5O2. The molecule has 2 heterocycles. The number of benzene rings is 1. The van der Waals surface area contributed by atoms with Crippen molar-refractivity contribution in [1.82, 2.24) is 19.5 Å². The summed E-state index contributed by atoms with van der Waals surface area (Å²) in [6, 6.07) is 7.83. The van der Waals surface area contributed by atoms with E-state index in [0.29, 0.717) is 42.3 Å². The number of ether oxygens (including phenoxy) is 1. The molecule has 29 heavy (non-hydrogen) atoms. The fraction of sp³-hybridized carbons (Fsp3) is 0.409. The SMILES string of the molecule is COc1ccc(Cn2cnc3c(N)nc(C#C[C@]4(O)CCC[C@@H](C)C4)nc32)cc1. The van der Waals surface area contributed by atoms with E-state index in [1.54, 1.807) is 13.4 Å². The largest absolute Gasteiger partial charge is 0.497 e. The van der Waals surface area contributed by atoms with Gasteiger partial charge >= 0.3 is 0 Å². The number of aromatic nitrogens is 4. The Labute approximate surface area is 170 Å². The summed E-state index contributed by atoms with van der Waals surface area (Å²) in [5.41, 5.74) is 7.37. The maximum Gasteiger partial charge on any atom is 0.209 e. The van der Waals surface area contributed by atoms with Gasteiger partial charge in [-0.3, -0.25) is 0 Å². The van der Waals surface area contributed by atoms with Crippen molar-refractivity contribution in [3.8, 4) is 17.6 Å². The Morgan fingerprint density at radius 1 is 1.31 bits per heavy atom. The van der Waals surface area contributed by atoms with Gasteiger partial charge in [-0.15, -0.1) is 0 Å². The van der Waals surface area contributed by atoms with E-state index in [-0.39, 0.29) is 5.82 Å². The van der Waals surface area contributed by atoms with Crippen molar-refractivity contribution in [3.63, 3.8) is 0 Å². The monoisotopic (exact) mass is 391 g/mol. The van der Waals surface area contributed by atoms with Crippen molar-refractivity contribution < 1.29 is 9.84 Å². The summed E-state index contributed by atoms with van der Waals surface area (Å²) in [4.78, 5) is 13.2. The molecule has 1 saturated carbocycles. The predicted molar refractivity (Wildman–Crippen MR) is 111 cm³/mol. The summed E-state index contributed by atoms with van der Waals surface area (Å²) >= 11 is 0. The molecule has 7 heteroatoms. The highest BCUT2D eigenvalue weighted by Gasteiger charge is 2.30. The third-order valence-electron chi connectivity index (χ3n) is 5.38. The van der Waals surface area contributed by atoms with Crippen molar-refractivity contribution in [2.24, 2.45) is 5.92 Å². The van der Waals surface area contributed by atoms with Crippen LogP contribution in [-0.2, 0) is 6.54 Å². The normalized spacial score (nSPS) is 21.6. The van der Waals surface area contributed by atoms with E-state index in [9.17, 15) is 5.11 Å². The third kappa shape index (κ3) is 4.17. The van der Waals surface area contributed by atoms with Crippen LogP contribution in [0.1, 0.15) is 44.0 Å². The number of nitrogens with zero attached hydrogens (tertiary/aromatic N) is 4. The van der Waals surface area contributed by atoms with Crippen molar-refractivity contribution in [3.05, 3.63) is 42.0 Å². The Morgan fingerprint density at radius 3 is 2.83 bits per heavy atom. The predicted octanol–water partition coefficient (Wildman–Crippen LogP) is 2.76. The van der Waals surface area contributed by atoms with Crippen LogP contribution in [0.5, 0.6) is 5.75 Å². The number of hydrogen-bond acceptors (Lipinski definition) is 6. The molecule has 4 rings (SSSR count). The number of methoxy groups -OCH3 is 1. The van der Waals surface area contributed by atoms with Gasteiger partial charge < -0.3 is 20.1 Å². The fourth-order valence-corrected chi connectivity index (χ4v) is 3.87. The van der Waals surface area contributed by atoms with Gasteiger partial charge in [0, 0.05) is 0 Å². The maximum absolute atomic E-state index is 10.7. The quantitative estimate of drug-likeness (QED) is 0.666. The van der Waals surface area contributed by atoms with Crippen LogP contribution in [0, 0.1) is 17.8 Å². The zero-order valence-corrected chi connectivity index (χ0v) is 16.7. The zero-order valence-electron chi connectivity index (χ0n) is 16.7. The van der Waals surface area contributed by atoms with Gasteiger partial charge in [0.05, 0.1) is 20.0 Å². The van der Waals surface area contributed by atoms with Gasteiger partial charge in [0.25, 0.3) is 0 Å². The summed E-state index contributed by atoms with van der Waals surface area (Å²) in [6.07, 6.45) is 5.16. The molecule has 0 radical (unpaired) electrons. The van der Waals surface area contributed by atoms with Gasteiger partial charge in [-0.1, -0.05) is 31.4 Å². The first kappa shape index (κ1) is 19.2. The highest BCUT2D eigenvalue weighted by molar-refractivity contribution is 5.82. The lowest BCUT2D eigenvalue weighted by Gasteiger charge is -2.30. The van der Waals surface area contributed by atoms with E-state index < -0.39 is 5.60 Å². The number of nitrogen functional groups attached to an aromatic ring is 1. The van der Waals surface area contributed by atoms with E-state index in [0.717, 1.165) is 24.2 Å². The van der Waals surface area contributed by atoms with Gasteiger partial charge in [0.15, 0.2) is 11.5 Å². The van der Waals surface area contributed by atoms with Gasteiger partial charge in [-0.05, 0) is 48.8 Å². The average Bonchev–Trinajstić information content (AvgIpc) is 3.10. The molecule has 7 nitrogen and oxygen atoms in total. The smallest absolute Gasteiger partial charge is 0.209 e. The first-order chi connectivity index (χ1) is 14.0. The molecule has 1 aliphatic carbocycles. The molecule has 1 aromatic carbocycles. The van der Waals surface area contributed by atoms with E-state index in [1.165, 1.54) is 0 Å². The van der Waals surface area contributed by atoms with Crippen molar-refractivity contribution in [1.29, 1.82) is 0 Å². The van der Waals surface area contributed by atoms with Gasteiger partial charge in [-0.2, -0.15) is 0 Å². The number of aliphatic hydroxyl groups is 1. The van der Waals surface area contributed by atoms with Crippen LogP contribution >= 0.6 is 0 Å². The first-order valence-electron chi connectivity index (χ1n) is 9.82. The summed E-state index contributed by atoms with van der Waals surface area (Å²) in [5, 5.41) is 10.7. The summed E-state index contributed by atoms with van der Waals surface area (Å²) in [5.74, 6) is 7.80. The van der Waals surface area contributed by atoms with E-state index >= 15 is 0 Å². The minimum atomic E-state index is -0.978. The molecule has 0 saturated heterocycles. The van der Waals surface area contributed by atoms with Crippen molar-refractivity contribution in [2.45, 2.75) is 44.8 Å². The molecule has 0 amide bonds. The average molecular weight is 391 g/mol.